The van der Waals surface area contributed by atoms with Crippen molar-refractivity contribution >= 4 is 11.8 Å². The molecule has 1 aliphatic rings. The molecule has 1 aliphatic heterocycles. The molecule has 5 heteroatoms. The van der Waals surface area contributed by atoms with Gasteiger partial charge < -0.3 is 9.47 Å². The molecule has 0 saturated carbocycles. The van der Waals surface area contributed by atoms with Gasteiger partial charge in [0.25, 0.3) is 11.8 Å². The highest BCUT2D eigenvalue weighted by Crippen LogP contribution is 2.35. The van der Waals surface area contributed by atoms with Crippen LogP contribution >= 0.6 is 0 Å². The number of carbonyl (C=O) groups excluding carboxylic acids is 2. The first-order valence-electron chi connectivity index (χ1n) is 9.33. The largest absolute Gasteiger partial charge is 0.494 e. The standard InChI is InChI=1S/C22H25NO4/c1-4-15-10-11-16(14-20(15)27-5-2)19(12-13-26-3)23-21(24)17-8-6-7-9-18(17)22(23)25/h6-11,14,19H,4-5,12-13H2,1-3H3. The number of ether oxygens (including phenoxy) is 2. The van der Waals surface area contributed by atoms with Crippen molar-refractivity contribution in [1.29, 1.82) is 0 Å². The van der Waals surface area contributed by atoms with Crippen LogP contribution in [0.2, 0.25) is 0 Å². The van der Waals surface area contributed by atoms with Crippen molar-refractivity contribution in [3.8, 4) is 5.75 Å². The number of nitrogens with zero attached hydrogens (tertiary/aromatic N) is 1. The molecule has 142 valence electrons. The smallest absolute Gasteiger partial charge is 0.262 e. The van der Waals surface area contributed by atoms with E-state index in [9.17, 15) is 9.59 Å². The molecule has 0 radical (unpaired) electrons. The van der Waals surface area contributed by atoms with Gasteiger partial charge in [-0.1, -0.05) is 31.2 Å². The van der Waals surface area contributed by atoms with E-state index in [2.05, 4.69) is 6.92 Å². The van der Waals surface area contributed by atoms with Gasteiger partial charge in [0.1, 0.15) is 5.75 Å². The second-order valence-electron chi connectivity index (χ2n) is 6.48. The summed E-state index contributed by atoms with van der Waals surface area (Å²) in [5.41, 5.74) is 2.90. The van der Waals surface area contributed by atoms with Crippen molar-refractivity contribution in [2.24, 2.45) is 0 Å². The molecular formula is C22H25NO4. The summed E-state index contributed by atoms with van der Waals surface area (Å²) in [4.78, 5) is 27.3. The van der Waals surface area contributed by atoms with Crippen LogP contribution in [0.5, 0.6) is 5.75 Å². The van der Waals surface area contributed by atoms with E-state index in [1.165, 1.54) is 4.90 Å². The van der Waals surface area contributed by atoms with Gasteiger partial charge in [0.15, 0.2) is 0 Å². The average molecular weight is 367 g/mol. The summed E-state index contributed by atoms with van der Waals surface area (Å²) in [6.45, 7) is 5.02. The second kappa shape index (κ2) is 8.35. The number of aryl methyl sites for hydroxylation is 1. The van der Waals surface area contributed by atoms with Crippen molar-refractivity contribution in [3.05, 3.63) is 64.7 Å². The van der Waals surface area contributed by atoms with Crippen molar-refractivity contribution in [2.75, 3.05) is 20.3 Å². The molecule has 2 amide bonds. The van der Waals surface area contributed by atoms with E-state index in [-0.39, 0.29) is 11.8 Å². The SMILES string of the molecule is CCOc1cc(C(CCOC)N2C(=O)c3ccccc3C2=O)ccc1CC. The normalized spacial score (nSPS) is 14.4. The molecule has 0 aliphatic carbocycles. The van der Waals surface area contributed by atoms with Crippen LogP contribution in [0.25, 0.3) is 0 Å². The Morgan fingerprint density at radius 3 is 2.22 bits per heavy atom. The third-order valence-electron chi connectivity index (χ3n) is 4.89. The van der Waals surface area contributed by atoms with Gasteiger partial charge in [0, 0.05) is 13.7 Å². The van der Waals surface area contributed by atoms with Crippen molar-refractivity contribution in [2.45, 2.75) is 32.7 Å². The van der Waals surface area contributed by atoms with Crippen LogP contribution in [0.1, 0.15) is 58.2 Å². The summed E-state index contributed by atoms with van der Waals surface area (Å²) in [7, 11) is 1.62. The third-order valence-corrected chi connectivity index (χ3v) is 4.89. The molecular weight excluding hydrogens is 342 g/mol. The van der Waals surface area contributed by atoms with E-state index in [0.717, 1.165) is 23.3 Å². The molecule has 2 aromatic rings. The zero-order valence-electron chi connectivity index (χ0n) is 16.0. The molecule has 27 heavy (non-hydrogen) atoms. The Kier molecular flexibility index (Phi) is 5.91. The lowest BCUT2D eigenvalue weighted by Crippen LogP contribution is -2.34. The molecule has 1 unspecified atom stereocenters. The van der Waals surface area contributed by atoms with E-state index in [1.54, 1.807) is 31.4 Å². The average Bonchev–Trinajstić information content (AvgIpc) is 2.94. The van der Waals surface area contributed by atoms with E-state index >= 15 is 0 Å². The maximum absolute atomic E-state index is 13.0. The lowest BCUT2D eigenvalue weighted by molar-refractivity contribution is 0.0545. The number of hydrogen-bond acceptors (Lipinski definition) is 4. The molecule has 0 spiro atoms. The quantitative estimate of drug-likeness (QED) is 0.661. The Bertz CT molecular complexity index is 811. The predicted molar refractivity (Wildman–Crippen MR) is 103 cm³/mol. The van der Waals surface area contributed by atoms with Crippen molar-refractivity contribution in [3.63, 3.8) is 0 Å². The fourth-order valence-corrected chi connectivity index (χ4v) is 3.53. The van der Waals surface area contributed by atoms with Gasteiger partial charge in [-0.3, -0.25) is 14.5 Å². The van der Waals surface area contributed by atoms with E-state index in [0.29, 0.717) is 30.8 Å². The molecule has 2 aromatic carbocycles. The predicted octanol–water partition coefficient (Wildman–Crippen LogP) is 4.02. The van der Waals surface area contributed by atoms with Crippen LogP contribution in [0, 0.1) is 0 Å². The number of hydrogen-bond donors (Lipinski definition) is 0. The molecule has 1 heterocycles. The summed E-state index contributed by atoms with van der Waals surface area (Å²) < 4.78 is 11.0. The van der Waals surface area contributed by atoms with Gasteiger partial charge in [-0.05, 0) is 49.1 Å². The van der Waals surface area contributed by atoms with Crippen LogP contribution in [0.4, 0.5) is 0 Å². The van der Waals surface area contributed by atoms with Crippen LogP contribution in [-0.2, 0) is 11.2 Å². The highest BCUT2D eigenvalue weighted by Gasteiger charge is 2.40. The minimum atomic E-state index is -0.400. The maximum Gasteiger partial charge on any atom is 0.262 e. The fourth-order valence-electron chi connectivity index (χ4n) is 3.53. The number of benzene rings is 2. The van der Waals surface area contributed by atoms with Gasteiger partial charge in [-0.25, -0.2) is 0 Å². The Morgan fingerprint density at radius 2 is 1.67 bits per heavy atom. The number of fused-ring (bicyclic) bond motifs is 1. The summed E-state index contributed by atoms with van der Waals surface area (Å²) in [5, 5.41) is 0. The zero-order chi connectivity index (χ0) is 19.4. The van der Waals surface area contributed by atoms with Crippen molar-refractivity contribution < 1.29 is 19.1 Å². The molecule has 0 bridgehead atoms. The molecule has 0 saturated heterocycles. The van der Waals surface area contributed by atoms with Crippen LogP contribution in [0.15, 0.2) is 42.5 Å². The summed E-state index contributed by atoms with van der Waals surface area (Å²) >= 11 is 0. The lowest BCUT2D eigenvalue weighted by atomic mass is 9.99. The van der Waals surface area contributed by atoms with Crippen LogP contribution in [0.3, 0.4) is 0 Å². The zero-order valence-corrected chi connectivity index (χ0v) is 16.0. The summed E-state index contributed by atoms with van der Waals surface area (Å²) in [6, 6.07) is 12.5. The minimum Gasteiger partial charge on any atom is -0.494 e. The highest BCUT2D eigenvalue weighted by molar-refractivity contribution is 6.21. The van der Waals surface area contributed by atoms with Crippen LogP contribution < -0.4 is 4.74 Å². The summed E-state index contributed by atoms with van der Waals surface area (Å²) in [6.07, 6.45) is 1.38. The molecule has 1 atom stereocenters. The second-order valence-corrected chi connectivity index (χ2v) is 6.48. The Labute approximate surface area is 159 Å². The first-order valence-corrected chi connectivity index (χ1v) is 9.33. The molecule has 0 N–H and O–H groups in total. The number of amides is 2. The topological polar surface area (TPSA) is 55.8 Å². The molecule has 0 aromatic heterocycles. The van der Waals surface area contributed by atoms with Gasteiger partial charge >= 0.3 is 0 Å². The number of imide groups is 1. The molecule has 5 nitrogen and oxygen atoms in total. The van der Waals surface area contributed by atoms with E-state index in [4.69, 9.17) is 9.47 Å². The first kappa shape index (κ1) is 19.1. The Hall–Kier alpha value is -2.66. The van der Waals surface area contributed by atoms with Gasteiger partial charge in [0.2, 0.25) is 0 Å². The Balaban J connectivity index is 2.02. The third kappa shape index (κ3) is 3.60. The first-order chi connectivity index (χ1) is 13.1. The Morgan fingerprint density at radius 1 is 1.00 bits per heavy atom. The van der Waals surface area contributed by atoms with Crippen molar-refractivity contribution in [1.82, 2.24) is 4.90 Å². The van der Waals surface area contributed by atoms with Gasteiger partial charge in [0.05, 0.1) is 23.8 Å². The number of rotatable bonds is 8. The lowest BCUT2D eigenvalue weighted by Gasteiger charge is -2.27. The molecule has 3 rings (SSSR count). The molecule has 0 fully saturated rings. The van der Waals surface area contributed by atoms with Crippen LogP contribution in [-0.4, -0.2) is 37.0 Å². The maximum atomic E-state index is 13.0. The minimum absolute atomic E-state index is 0.255. The van der Waals surface area contributed by atoms with E-state index < -0.39 is 6.04 Å². The van der Waals surface area contributed by atoms with Gasteiger partial charge in [-0.2, -0.15) is 0 Å². The van der Waals surface area contributed by atoms with Gasteiger partial charge in [-0.15, -0.1) is 0 Å². The fraction of sp³-hybridized carbons (Fsp3) is 0.364. The monoisotopic (exact) mass is 367 g/mol. The number of methoxy groups -OCH3 is 1. The number of carbonyl (C=O) groups is 2. The summed E-state index contributed by atoms with van der Waals surface area (Å²) in [5.74, 6) is 0.292. The highest BCUT2D eigenvalue weighted by atomic mass is 16.5. The van der Waals surface area contributed by atoms with E-state index in [1.807, 2.05) is 25.1 Å².